The van der Waals surface area contributed by atoms with Gasteiger partial charge < -0.3 is 14.6 Å². The Morgan fingerprint density at radius 2 is 1.33 bits per heavy atom. The summed E-state index contributed by atoms with van der Waals surface area (Å²) in [5.74, 6) is -4.23. The summed E-state index contributed by atoms with van der Waals surface area (Å²) < 4.78 is 9.39. The number of carbonyl (C=O) groups excluding carboxylic acids is 4. The lowest BCUT2D eigenvalue weighted by Gasteiger charge is -2.17. The summed E-state index contributed by atoms with van der Waals surface area (Å²) in [5, 5.41) is 8.70. The van der Waals surface area contributed by atoms with Crippen molar-refractivity contribution in [1.29, 1.82) is 0 Å². The minimum absolute atomic E-state index is 0.355. The van der Waals surface area contributed by atoms with E-state index in [0.29, 0.717) is 0 Å². The molecule has 0 spiro atoms. The average molecular weight is 300 g/mol. The molecule has 0 heterocycles. The van der Waals surface area contributed by atoms with Crippen LogP contribution < -0.4 is 0 Å². The monoisotopic (exact) mass is 300 g/mol. The number of rotatable bonds is 9. The zero-order valence-electron chi connectivity index (χ0n) is 11.7. The number of hydrogen-bond donors (Lipinski definition) is 1. The second kappa shape index (κ2) is 8.62. The van der Waals surface area contributed by atoms with E-state index in [1.165, 1.54) is 0 Å². The van der Waals surface area contributed by atoms with E-state index in [1.54, 1.807) is 0 Å². The molecular formula is C13H16O8. The van der Waals surface area contributed by atoms with Crippen LogP contribution in [0.2, 0.25) is 0 Å². The van der Waals surface area contributed by atoms with Gasteiger partial charge in [-0.2, -0.15) is 0 Å². The Morgan fingerprint density at radius 3 is 1.62 bits per heavy atom. The first-order valence-electron chi connectivity index (χ1n) is 5.90. The van der Waals surface area contributed by atoms with Crippen molar-refractivity contribution in [3.05, 3.63) is 12.2 Å². The van der Waals surface area contributed by atoms with Gasteiger partial charge in [-0.05, 0) is 13.8 Å². The van der Waals surface area contributed by atoms with Gasteiger partial charge in [0, 0.05) is 5.57 Å². The topological polar surface area (TPSA) is 124 Å². The summed E-state index contributed by atoms with van der Waals surface area (Å²) in [4.78, 5) is 54.9. The van der Waals surface area contributed by atoms with E-state index in [-0.39, 0.29) is 5.57 Å². The molecule has 0 fully saturated rings. The number of ether oxygens (including phenoxy) is 2. The van der Waals surface area contributed by atoms with Gasteiger partial charge in [-0.1, -0.05) is 6.58 Å². The molecule has 0 aliphatic heterocycles. The van der Waals surface area contributed by atoms with Crippen LogP contribution in [-0.4, -0.2) is 40.9 Å². The van der Waals surface area contributed by atoms with E-state index in [0.717, 1.165) is 13.8 Å². The normalized spacial score (nSPS) is 9.86. The van der Waals surface area contributed by atoms with Gasteiger partial charge in [0.15, 0.2) is 0 Å². The fourth-order valence-electron chi connectivity index (χ4n) is 1.18. The Labute approximate surface area is 120 Å². The molecule has 0 radical (unpaired) electrons. The Balaban J connectivity index is 4.75. The zero-order valence-corrected chi connectivity index (χ0v) is 11.7. The first-order valence-corrected chi connectivity index (χ1v) is 5.90. The van der Waals surface area contributed by atoms with Crippen LogP contribution in [0.5, 0.6) is 0 Å². The largest absolute Gasteiger partial charge is 0.478 e. The molecular weight excluding hydrogens is 284 g/mol. The summed E-state index contributed by atoms with van der Waals surface area (Å²) in [6.07, 6.45) is -3.10. The van der Waals surface area contributed by atoms with E-state index in [1.807, 2.05) is 0 Å². The summed E-state index contributed by atoms with van der Waals surface area (Å²) >= 11 is 0. The standard InChI is InChI=1S/C13H16O8/c1-7(13(18)19)4-12(20-10(16)5-8(2)14)21-11(17)6-9(3)15/h12H,1,4-6H2,2-3H3,(H,18,19). The second-order valence-electron chi connectivity index (χ2n) is 4.28. The molecule has 0 aliphatic rings. The number of Topliss-reactive ketones (excluding diaryl/α,β-unsaturated/α-hetero) is 2. The zero-order chi connectivity index (χ0) is 16.6. The molecule has 0 aliphatic carbocycles. The third-order valence-corrected chi connectivity index (χ3v) is 2.03. The highest BCUT2D eigenvalue weighted by atomic mass is 16.7. The van der Waals surface area contributed by atoms with Gasteiger partial charge >= 0.3 is 17.9 Å². The number of aliphatic carboxylic acids is 1. The molecule has 1 N–H and O–H groups in total. The number of carboxylic acids is 1. The van der Waals surface area contributed by atoms with Crippen LogP contribution in [0.1, 0.15) is 33.1 Å². The Morgan fingerprint density at radius 1 is 0.952 bits per heavy atom. The summed E-state index contributed by atoms with van der Waals surface area (Å²) in [6.45, 7) is 5.54. The minimum Gasteiger partial charge on any atom is -0.478 e. The van der Waals surface area contributed by atoms with Crippen LogP contribution in [0.4, 0.5) is 0 Å². The van der Waals surface area contributed by atoms with Gasteiger partial charge in [-0.15, -0.1) is 0 Å². The first kappa shape index (κ1) is 18.5. The molecule has 0 saturated carbocycles. The third-order valence-electron chi connectivity index (χ3n) is 2.03. The maximum absolute atomic E-state index is 11.3. The van der Waals surface area contributed by atoms with Crippen LogP contribution in [-0.2, 0) is 33.4 Å². The predicted molar refractivity (Wildman–Crippen MR) is 68.0 cm³/mol. The van der Waals surface area contributed by atoms with Gasteiger partial charge in [0.05, 0.1) is 6.42 Å². The minimum atomic E-state index is -1.55. The molecule has 0 aromatic rings. The number of carboxylic acid groups (broad SMARTS) is 1. The van der Waals surface area contributed by atoms with Crippen molar-refractivity contribution >= 4 is 29.5 Å². The second-order valence-corrected chi connectivity index (χ2v) is 4.28. The van der Waals surface area contributed by atoms with E-state index >= 15 is 0 Å². The van der Waals surface area contributed by atoms with Gasteiger partial charge in [0.25, 0.3) is 6.29 Å². The Hall–Kier alpha value is -2.51. The van der Waals surface area contributed by atoms with Gasteiger partial charge in [0.2, 0.25) is 0 Å². The molecule has 116 valence electrons. The summed E-state index contributed by atoms with van der Waals surface area (Å²) in [6, 6.07) is 0. The lowest BCUT2D eigenvalue weighted by atomic mass is 10.2. The quantitative estimate of drug-likeness (QED) is 0.280. The fourth-order valence-corrected chi connectivity index (χ4v) is 1.18. The van der Waals surface area contributed by atoms with Crippen molar-refractivity contribution in [2.75, 3.05) is 0 Å². The van der Waals surface area contributed by atoms with Crippen LogP contribution in [0, 0.1) is 0 Å². The highest BCUT2D eigenvalue weighted by Crippen LogP contribution is 2.11. The van der Waals surface area contributed by atoms with E-state index in [2.05, 4.69) is 6.58 Å². The fraction of sp³-hybridized carbons (Fsp3) is 0.462. The van der Waals surface area contributed by atoms with Crippen molar-refractivity contribution in [2.24, 2.45) is 0 Å². The van der Waals surface area contributed by atoms with E-state index < -0.39 is 55.0 Å². The summed E-state index contributed by atoms with van der Waals surface area (Å²) in [7, 11) is 0. The van der Waals surface area contributed by atoms with E-state index in [4.69, 9.17) is 14.6 Å². The molecule has 8 nitrogen and oxygen atoms in total. The SMILES string of the molecule is C=C(CC(OC(=O)CC(C)=O)OC(=O)CC(C)=O)C(=O)O. The highest BCUT2D eigenvalue weighted by Gasteiger charge is 2.23. The molecule has 21 heavy (non-hydrogen) atoms. The maximum atomic E-state index is 11.3. The molecule has 0 aromatic carbocycles. The number of esters is 2. The molecule has 0 unspecified atom stereocenters. The van der Waals surface area contributed by atoms with Crippen LogP contribution in [0.15, 0.2) is 12.2 Å². The molecule has 0 saturated heterocycles. The van der Waals surface area contributed by atoms with Crippen LogP contribution >= 0.6 is 0 Å². The molecule has 0 amide bonds. The molecule has 8 heteroatoms. The van der Waals surface area contributed by atoms with Crippen LogP contribution in [0.25, 0.3) is 0 Å². The van der Waals surface area contributed by atoms with Crippen molar-refractivity contribution in [2.45, 2.75) is 39.4 Å². The lowest BCUT2D eigenvalue weighted by molar-refractivity contribution is -0.187. The number of hydrogen-bond acceptors (Lipinski definition) is 7. The Bertz CT molecular complexity index is 447. The average Bonchev–Trinajstić information content (AvgIpc) is 2.25. The van der Waals surface area contributed by atoms with Crippen molar-refractivity contribution < 1.29 is 38.6 Å². The van der Waals surface area contributed by atoms with Gasteiger partial charge in [-0.3, -0.25) is 19.2 Å². The molecule has 0 bridgehead atoms. The summed E-state index contributed by atoms with van der Waals surface area (Å²) in [5.41, 5.74) is -0.355. The van der Waals surface area contributed by atoms with Crippen molar-refractivity contribution in [3.63, 3.8) is 0 Å². The van der Waals surface area contributed by atoms with Gasteiger partial charge in [-0.25, -0.2) is 4.79 Å². The van der Waals surface area contributed by atoms with E-state index in [9.17, 15) is 24.0 Å². The highest BCUT2D eigenvalue weighted by molar-refractivity contribution is 5.95. The third kappa shape index (κ3) is 9.09. The van der Waals surface area contributed by atoms with Crippen LogP contribution in [0.3, 0.4) is 0 Å². The van der Waals surface area contributed by atoms with Crippen molar-refractivity contribution in [3.8, 4) is 0 Å². The molecule has 0 atom stereocenters. The smallest absolute Gasteiger partial charge is 0.331 e. The van der Waals surface area contributed by atoms with Gasteiger partial charge in [0.1, 0.15) is 24.4 Å². The Kier molecular flexibility index (Phi) is 7.59. The lowest BCUT2D eigenvalue weighted by Crippen LogP contribution is -2.27. The first-order chi connectivity index (χ1) is 9.61. The maximum Gasteiger partial charge on any atom is 0.331 e. The molecule has 0 rings (SSSR count). The molecule has 0 aromatic heterocycles. The predicted octanol–water partition coefficient (Wildman–Crippen LogP) is 0.388. The van der Waals surface area contributed by atoms with Crippen molar-refractivity contribution in [1.82, 2.24) is 0 Å². The number of carbonyl (C=O) groups is 5. The number of ketones is 2.